The van der Waals surface area contributed by atoms with E-state index in [9.17, 15) is 18.3 Å². The van der Waals surface area contributed by atoms with E-state index in [2.05, 4.69) is 15.6 Å². The Hall–Kier alpha value is -2.19. The van der Waals surface area contributed by atoms with Crippen LogP contribution in [0.1, 0.15) is 56.1 Å². The van der Waals surface area contributed by atoms with E-state index in [1.807, 2.05) is 0 Å². The van der Waals surface area contributed by atoms with Gasteiger partial charge < -0.3 is 21.1 Å². The highest BCUT2D eigenvalue weighted by molar-refractivity contribution is 8.22. The fourth-order valence-corrected chi connectivity index (χ4v) is 8.64. The van der Waals surface area contributed by atoms with Crippen LogP contribution in [0, 0.1) is 11.6 Å². The van der Waals surface area contributed by atoms with Crippen LogP contribution in [-0.4, -0.2) is 74.5 Å². The Morgan fingerprint density at radius 2 is 1.98 bits per heavy atom. The van der Waals surface area contributed by atoms with Gasteiger partial charge in [0.05, 0.1) is 36.0 Å². The molecule has 6 N–H and O–H groups in total. The third kappa shape index (κ3) is 6.43. The Morgan fingerprint density at radius 1 is 1.24 bits per heavy atom. The first-order valence-electron chi connectivity index (χ1n) is 14.4. The van der Waals surface area contributed by atoms with Gasteiger partial charge in [0, 0.05) is 43.3 Å². The summed E-state index contributed by atoms with van der Waals surface area (Å²) in [6, 6.07) is 5.15. The van der Waals surface area contributed by atoms with E-state index in [0.29, 0.717) is 56.5 Å². The molecule has 12 heteroatoms. The van der Waals surface area contributed by atoms with E-state index in [-0.39, 0.29) is 36.1 Å². The monoisotopic (exact) mass is 593 g/mol. The number of hydrogen-bond acceptors (Lipinski definition) is 8. The molecule has 1 aromatic heterocycles. The lowest BCUT2D eigenvalue weighted by atomic mass is 9.64. The quantitative estimate of drug-likeness (QED) is 0.308. The molecule has 2 aliphatic heterocycles. The summed E-state index contributed by atoms with van der Waals surface area (Å²) < 4.78 is 57.7. The summed E-state index contributed by atoms with van der Waals surface area (Å²) in [5, 5.41) is 6.32. The lowest BCUT2D eigenvalue weighted by molar-refractivity contribution is -0.119. The zero-order valence-electron chi connectivity index (χ0n) is 23.4. The number of nitrogens with zero attached hydrogens (tertiary/aromatic N) is 2. The summed E-state index contributed by atoms with van der Waals surface area (Å²) in [6.45, 7) is 1.11. The second-order valence-corrected chi connectivity index (χ2v) is 13.7. The number of carbonyl (C=O) groups is 1. The third-order valence-electron chi connectivity index (χ3n) is 9.24. The van der Waals surface area contributed by atoms with Crippen molar-refractivity contribution in [3.05, 3.63) is 59.4 Å². The number of halogens is 2. The van der Waals surface area contributed by atoms with Gasteiger partial charge in [0.15, 0.2) is 0 Å². The lowest BCUT2D eigenvalue weighted by Crippen LogP contribution is -2.55. The first kappa shape index (κ1) is 30.3. The molecule has 5 rings (SSSR count). The number of fused-ring (bicyclic) bond motifs is 2. The second kappa shape index (κ2) is 12.6. The number of rotatable bonds is 8. The van der Waals surface area contributed by atoms with E-state index in [4.69, 9.17) is 10.5 Å². The highest BCUT2D eigenvalue weighted by Gasteiger charge is 2.45. The molecule has 2 aromatic rings. The number of amides is 1. The number of benzene rings is 1. The first-order valence-corrected chi connectivity index (χ1v) is 16.0. The maximum atomic E-state index is 15.1. The number of nitrogens with one attached hydrogen (secondary N) is 2. The van der Waals surface area contributed by atoms with Gasteiger partial charge in [-0.05, 0) is 69.1 Å². The molecule has 41 heavy (non-hydrogen) atoms. The molecule has 1 unspecified atom stereocenters. The van der Waals surface area contributed by atoms with Crippen LogP contribution in [0.3, 0.4) is 0 Å². The Balaban J connectivity index is 1.34. The molecule has 226 valence electrons. The zero-order valence-corrected chi connectivity index (χ0v) is 24.2. The third-order valence-corrected chi connectivity index (χ3v) is 11.3. The van der Waals surface area contributed by atoms with Crippen LogP contribution in [0.25, 0.3) is 0 Å². The maximum Gasteiger partial charge on any atom is 0.242 e. The number of hydrogen-bond donors (Lipinski definition) is 5. The van der Waals surface area contributed by atoms with Gasteiger partial charge in [0.25, 0.3) is 0 Å². The van der Waals surface area contributed by atoms with Gasteiger partial charge in [-0.2, -0.15) is 0 Å². The molecule has 1 aromatic carbocycles. The van der Waals surface area contributed by atoms with Crippen LogP contribution in [0.4, 0.5) is 14.5 Å². The highest BCUT2D eigenvalue weighted by atomic mass is 32.3. The van der Waals surface area contributed by atoms with E-state index < -0.39 is 34.0 Å². The first-order chi connectivity index (χ1) is 19.6. The molecule has 1 amide bonds. The standard InChI is InChI=1S/C29H41F2N5O4S/c1-40-23-10-12-29(13-11-23,19-4-6-20(30)7-5-19)27(32)28(37)35-26-17-33-16-25(31)24(26)9-8-22-15-34-21-3-2-14-41(38,39)36(22)18-21/h4-7,16-17,21-23,27,34,38-39H,2-3,8-15,18,32H2,1H3,(H,35,37)/t21-,22+,23?,27-,29?/m1/s1. The molecule has 3 heterocycles. The SMILES string of the molecule is COC1CCC(c2ccc(F)cc2)([C@H](N)C(=O)Nc2cncc(F)c2CC[C@H]2CN[C@@H]3CCCS(O)(O)N2C3)CC1. The van der Waals surface area contributed by atoms with Crippen molar-refractivity contribution in [2.75, 3.05) is 31.3 Å². The number of carbonyl (C=O) groups excluding carboxylic acids is 1. The molecule has 2 saturated heterocycles. The summed E-state index contributed by atoms with van der Waals surface area (Å²) >= 11 is 0. The molecule has 2 bridgehead atoms. The predicted molar refractivity (Wildman–Crippen MR) is 156 cm³/mol. The number of piperazine rings is 1. The van der Waals surface area contributed by atoms with Gasteiger partial charge in [-0.25, -0.2) is 13.1 Å². The van der Waals surface area contributed by atoms with Gasteiger partial charge in [-0.3, -0.25) is 18.9 Å². The van der Waals surface area contributed by atoms with Crippen LogP contribution < -0.4 is 16.4 Å². The van der Waals surface area contributed by atoms with Crippen molar-refractivity contribution < 1.29 is 27.4 Å². The molecule has 4 atom stereocenters. The summed E-state index contributed by atoms with van der Waals surface area (Å²) in [7, 11) is -1.22. The average molecular weight is 594 g/mol. The Labute approximate surface area is 241 Å². The molecule has 3 fully saturated rings. The minimum atomic E-state index is -2.88. The molecule has 3 aliphatic rings. The summed E-state index contributed by atoms with van der Waals surface area (Å²) in [4.78, 5) is 17.6. The van der Waals surface area contributed by atoms with Crippen molar-refractivity contribution >= 4 is 22.4 Å². The van der Waals surface area contributed by atoms with Crippen molar-refractivity contribution in [2.45, 2.75) is 81.0 Å². The minimum absolute atomic E-state index is 0.0602. The van der Waals surface area contributed by atoms with Crippen LogP contribution in [0.15, 0.2) is 36.7 Å². The van der Waals surface area contributed by atoms with Crippen molar-refractivity contribution in [1.29, 1.82) is 0 Å². The average Bonchev–Trinajstić information content (AvgIpc) is 3.08. The number of ether oxygens (including phenoxy) is 1. The minimum Gasteiger partial charge on any atom is -0.381 e. The van der Waals surface area contributed by atoms with Gasteiger partial charge in [0.2, 0.25) is 5.91 Å². The molecule has 0 radical (unpaired) electrons. The molecular formula is C29H41F2N5O4S. The van der Waals surface area contributed by atoms with Crippen LogP contribution >= 0.6 is 10.8 Å². The maximum absolute atomic E-state index is 15.1. The van der Waals surface area contributed by atoms with Crippen LogP contribution in [0.2, 0.25) is 0 Å². The van der Waals surface area contributed by atoms with Crippen molar-refractivity contribution in [2.24, 2.45) is 5.73 Å². The number of nitrogens with two attached hydrogens (primary N) is 1. The molecule has 0 spiro atoms. The van der Waals surface area contributed by atoms with Gasteiger partial charge in [-0.15, -0.1) is 10.8 Å². The highest BCUT2D eigenvalue weighted by Crippen LogP contribution is 2.49. The molecule has 9 nitrogen and oxygen atoms in total. The zero-order chi connectivity index (χ0) is 29.2. The van der Waals surface area contributed by atoms with Gasteiger partial charge >= 0.3 is 0 Å². The topological polar surface area (TPSA) is 133 Å². The largest absolute Gasteiger partial charge is 0.381 e. The normalized spacial score (nSPS) is 31.1. The summed E-state index contributed by atoms with van der Waals surface area (Å²) in [5.74, 6) is -1.05. The lowest BCUT2D eigenvalue weighted by Gasteiger charge is -2.49. The van der Waals surface area contributed by atoms with E-state index in [0.717, 1.165) is 24.6 Å². The smallest absolute Gasteiger partial charge is 0.242 e. The summed E-state index contributed by atoms with van der Waals surface area (Å²) in [6.07, 6.45) is 7.52. The van der Waals surface area contributed by atoms with Crippen molar-refractivity contribution in [1.82, 2.24) is 14.6 Å². The molecule has 1 aliphatic carbocycles. The predicted octanol–water partition coefficient (Wildman–Crippen LogP) is 4.19. The van der Waals surface area contributed by atoms with E-state index in [1.165, 1.54) is 18.3 Å². The Kier molecular flexibility index (Phi) is 9.29. The van der Waals surface area contributed by atoms with Crippen molar-refractivity contribution in [3.8, 4) is 0 Å². The number of anilines is 1. The number of aromatic nitrogens is 1. The van der Waals surface area contributed by atoms with Gasteiger partial charge in [-0.1, -0.05) is 12.1 Å². The van der Waals surface area contributed by atoms with E-state index >= 15 is 4.39 Å². The fourth-order valence-electron chi connectivity index (χ4n) is 6.77. The fraction of sp³-hybridized carbons (Fsp3) is 0.586. The Morgan fingerprint density at radius 3 is 2.68 bits per heavy atom. The number of methoxy groups -OCH3 is 1. The van der Waals surface area contributed by atoms with Crippen LogP contribution in [-0.2, 0) is 21.4 Å². The number of pyridine rings is 1. The molecular weight excluding hydrogens is 552 g/mol. The second-order valence-electron chi connectivity index (χ2n) is 11.6. The van der Waals surface area contributed by atoms with Gasteiger partial charge in [0.1, 0.15) is 11.6 Å². The molecule has 1 saturated carbocycles. The van der Waals surface area contributed by atoms with Crippen LogP contribution in [0.5, 0.6) is 0 Å². The summed E-state index contributed by atoms with van der Waals surface area (Å²) in [5.41, 5.74) is 7.27. The van der Waals surface area contributed by atoms with E-state index in [1.54, 1.807) is 23.5 Å². The van der Waals surface area contributed by atoms with Crippen molar-refractivity contribution in [3.63, 3.8) is 0 Å². The Bertz CT molecular complexity index is 1210.